The average Bonchev–Trinajstić information content (AvgIpc) is 2.64. The van der Waals surface area contributed by atoms with Crippen molar-refractivity contribution in [2.75, 3.05) is 0 Å². The van der Waals surface area contributed by atoms with E-state index in [-0.39, 0.29) is 5.82 Å². The van der Waals surface area contributed by atoms with Gasteiger partial charge in [-0.1, -0.05) is 68.3 Å². The number of rotatable bonds is 5. The van der Waals surface area contributed by atoms with Crippen LogP contribution in [-0.2, 0) is 6.42 Å². The van der Waals surface area contributed by atoms with Gasteiger partial charge in [-0.3, -0.25) is 0 Å². The molecule has 0 aromatic heterocycles. The quantitative estimate of drug-likeness (QED) is 0.503. The highest BCUT2D eigenvalue weighted by molar-refractivity contribution is 5.64. The second-order valence-corrected chi connectivity index (χ2v) is 7.49. The van der Waals surface area contributed by atoms with Crippen LogP contribution in [0.15, 0.2) is 54.6 Å². The topological polar surface area (TPSA) is 0 Å². The van der Waals surface area contributed by atoms with E-state index < -0.39 is 0 Å². The summed E-state index contributed by atoms with van der Waals surface area (Å²) in [4.78, 5) is 0. The van der Waals surface area contributed by atoms with Crippen molar-refractivity contribution in [1.29, 1.82) is 0 Å². The zero-order valence-electron chi connectivity index (χ0n) is 15.5. The highest BCUT2D eigenvalue weighted by Crippen LogP contribution is 2.36. The standard InChI is InChI=1S/C24H29F/c1-3-4-5-6-22-15-16-23(17-24(22)25)21-13-11-20(12-14-21)19-9-7-18(2)8-10-19/h3-4,11-19H,5-10H2,1-2H3/b4-3+. The summed E-state index contributed by atoms with van der Waals surface area (Å²) in [5.74, 6) is 1.49. The Labute approximate surface area is 151 Å². The summed E-state index contributed by atoms with van der Waals surface area (Å²) in [5.41, 5.74) is 4.32. The summed E-state index contributed by atoms with van der Waals surface area (Å²) in [6, 6.07) is 14.5. The molecule has 3 rings (SSSR count). The first-order valence-corrected chi connectivity index (χ1v) is 9.67. The zero-order chi connectivity index (χ0) is 17.6. The van der Waals surface area contributed by atoms with Crippen molar-refractivity contribution >= 4 is 0 Å². The maximum Gasteiger partial charge on any atom is 0.127 e. The molecule has 0 amide bonds. The van der Waals surface area contributed by atoms with Gasteiger partial charge in [0, 0.05) is 0 Å². The van der Waals surface area contributed by atoms with E-state index in [1.165, 1.54) is 31.2 Å². The molecule has 0 aliphatic heterocycles. The first kappa shape index (κ1) is 17.9. The molecule has 1 aliphatic rings. The molecule has 0 radical (unpaired) electrons. The van der Waals surface area contributed by atoms with E-state index in [0.717, 1.165) is 35.4 Å². The van der Waals surface area contributed by atoms with Crippen LogP contribution < -0.4 is 0 Å². The molecule has 25 heavy (non-hydrogen) atoms. The molecule has 1 fully saturated rings. The maximum absolute atomic E-state index is 14.3. The number of halogens is 1. The van der Waals surface area contributed by atoms with Crippen LogP contribution in [0.1, 0.15) is 63.0 Å². The Balaban J connectivity index is 1.70. The van der Waals surface area contributed by atoms with Gasteiger partial charge < -0.3 is 0 Å². The largest absolute Gasteiger partial charge is 0.207 e. The predicted octanol–water partition coefficient (Wildman–Crippen LogP) is 7.30. The molecule has 0 heterocycles. The van der Waals surface area contributed by atoms with Crippen molar-refractivity contribution in [2.24, 2.45) is 5.92 Å². The van der Waals surface area contributed by atoms with Gasteiger partial charge in [-0.05, 0) is 72.8 Å². The van der Waals surface area contributed by atoms with E-state index in [9.17, 15) is 4.39 Å². The maximum atomic E-state index is 14.3. The molecule has 2 aromatic rings. The molecule has 0 spiro atoms. The van der Waals surface area contributed by atoms with Gasteiger partial charge in [0.2, 0.25) is 0 Å². The molecule has 0 N–H and O–H groups in total. The molecular weight excluding hydrogens is 307 g/mol. The van der Waals surface area contributed by atoms with Gasteiger partial charge in [0.25, 0.3) is 0 Å². The third-order valence-corrected chi connectivity index (χ3v) is 5.60. The first-order valence-electron chi connectivity index (χ1n) is 9.67. The van der Waals surface area contributed by atoms with Crippen LogP contribution in [0.4, 0.5) is 4.39 Å². The summed E-state index contributed by atoms with van der Waals surface area (Å²) in [6.07, 6.45) is 11.0. The highest BCUT2D eigenvalue weighted by Gasteiger charge is 2.19. The SMILES string of the molecule is C/C=C/CCc1ccc(-c2ccc(C3CCC(C)CC3)cc2)cc1F. The van der Waals surface area contributed by atoms with Gasteiger partial charge in [-0.15, -0.1) is 0 Å². The Hall–Kier alpha value is -1.89. The fourth-order valence-corrected chi connectivity index (χ4v) is 3.88. The van der Waals surface area contributed by atoms with Crippen molar-refractivity contribution < 1.29 is 4.39 Å². The van der Waals surface area contributed by atoms with E-state index in [2.05, 4.69) is 37.3 Å². The molecular formula is C24H29F. The number of allylic oxidation sites excluding steroid dienone is 2. The molecule has 0 bridgehead atoms. The number of hydrogen-bond acceptors (Lipinski definition) is 0. The Bertz CT molecular complexity index is 703. The first-order chi connectivity index (χ1) is 12.2. The van der Waals surface area contributed by atoms with Crippen molar-refractivity contribution in [3.63, 3.8) is 0 Å². The lowest BCUT2D eigenvalue weighted by Gasteiger charge is -2.26. The van der Waals surface area contributed by atoms with Crippen molar-refractivity contribution in [3.05, 3.63) is 71.6 Å². The summed E-state index contributed by atoms with van der Waals surface area (Å²) in [7, 11) is 0. The van der Waals surface area contributed by atoms with E-state index in [0.29, 0.717) is 5.92 Å². The fraction of sp³-hybridized carbons (Fsp3) is 0.417. The van der Waals surface area contributed by atoms with E-state index >= 15 is 0 Å². The second kappa shape index (κ2) is 8.47. The normalized spacial score (nSPS) is 20.9. The molecule has 2 aromatic carbocycles. The molecule has 0 unspecified atom stereocenters. The van der Waals surface area contributed by atoms with Gasteiger partial charge >= 0.3 is 0 Å². The Morgan fingerprint density at radius 3 is 2.28 bits per heavy atom. The van der Waals surface area contributed by atoms with Crippen LogP contribution >= 0.6 is 0 Å². The minimum absolute atomic E-state index is 0.0904. The minimum Gasteiger partial charge on any atom is -0.207 e. The third kappa shape index (κ3) is 4.60. The molecule has 1 aliphatic carbocycles. The van der Waals surface area contributed by atoms with Crippen molar-refractivity contribution in [2.45, 2.75) is 58.3 Å². The second-order valence-electron chi connectivity index (χ2n) is 7.49. The van der Waals surface area contributed by atoms with Crippen LogP contribution in [0.25, 0.3) is 11.1 Å². The van der Waals surface area contributed by atoms with Gasteiger partial charge in [-0.2, -0.15) is 0 Å². The molecule has 0 nitrogen and oxygen atoms in total. The molecule has 0 atom stereocenters. The van der Waals surface area contributed by atoms with Crippen LogP contribution in [0.3, 0.4) is 0 Å². The third-order valence-electron chi connectivity index (χ3n) is 5.60. The van der Waals surface area contributed by atoms with E-state index in [1.807, 2.05) is 25.1 Å². The van der Waals surface area contributed by atoms with Gasteiger partial charge in [0.05, 0.1) is 0 Å². The summed E-state index contributed by atoms with van der Waals surface area (Å²) < 4.78 is 14.3. The van der Waals surface area contributed by atoms with E-state index in [4.69, 9.17) is 0 Å². The zero-order valence-corrected chi connectivity index (χ0v) is 15.5. The monoisotopic (exact) mass is 336 g/mol. The predicted molar refractivity (Wildman–Crippen MR) is 105 cm³/mol. The summed E-state index contributed by atoms with van der Waals surface area (Å²) >= 11 is 0. The lowest BCUT2D eigenvalue weighted by molar-refractivity contribution is 0.348. The van der Waals surface area contributed by atoms with Crippen molar-refractivity contribution in [1.82, 2.24) is 0 Å². The molecule has 1 heteroatoms. The van der Waals surface area contributed by atoms with E-state index in [1.54, 1.807) is 6.07 Å². The Morgan fingerprint density at radius 2 is 1.64 bits per heavy atom. The van der Waals surface area contributed by atoms with Gasteiger partial charge in [-0.25, -0.2) is 4.39 Å². The van der Waals surface area contributed by atoms with Gasteiger partial charge in [0.1, 0.15) is 5.82 Å². The number of hydrogen-bond donors (Lipinski definition) is 0. The minimum atomic E-state index is -0.0904. The Morgan fingerprint density at radius 1 is 0.960 bits per heavy atom. The summed E-state index contributed by atoms with van der Waals surface area (Å²) in [5, 5.41) is 0. The Kier molecular flexibility index (Phi) is 6.07. The lowest BCUT2D eigenvalue weighted by Crippen LogP contribution is -2.10. The van der Waals surface area contributed by atoms with Crippen LogP contribution in [-0.4, -0.2) is 0 Å². The number of aryl methyl sites for hydroxylation is 1. The highest BCUT2D eigenvalue weighted by atomic mass is 19.1. The van der Waals surface area contributed by atoms with Crippen LogP contribution in [0, 0.1) is 11.7 Å². The fourth-order valence-electron chi connectivity index (χ4n) is 3.88. The molecule has 132 valence electrons. The molecule has 1 saturated carbocycles. The number of benzene rings is 2. The summed E-state index contributed by atoms with van der Waals surface area (Å²) in [6.45, 7) is 4.35. The lowest BCUT2D eigenvalue weighted by atomic mass is 9.79. The van der Waals surface area contributed by atoms with Crippen LogP contribution in [0.2, 0.25) is 0 Å². The molecule has 0 saturated heterocycles. The van der Waals surface area contributed by atoms with Crippen LogP contribution in [0.5, 0.6) is 0 Å². The van der Waals surface area contributed by atoms with Crippen molar-refractivity contribution in [3.8, 4) is 11.1 Å². The average molecular weight is 336 g/mol. The smallest absolute Gasteiger partial charge is 0.127 e. The van der Waals surface area contributed by atoms with Gasteiger partial charge in [0.15, 0.2) is 0 Å².